The van der Waals surface area contributed by atoms with Crippen molar-refractivity contribution in [2.75, 3.05) is 31.0 Å². The number of carbonyl (C=O) groups is 1. The fourth-order valence-corrected chi connectivity index (χ4v) is 2.36. The van der Waals surface area contributed by atoms with E-state index in [1.807, 2.05) is 43.3 Å². The van der Waals surface area contributed by atoms with Gasteiger partial charge >= 0.3 is 0 Å². The van der Waals surface area contributed by atoms with Gasteiger partial charge in [-0.2, -0.15) is 0 Å². The third-order valence-electron chi connectivity index (χ3n) is 3.71. The topological polar surface area (TPSA) is 59.6 Å². The van der Waals surface area contributed by atoms with Gasteiger partial charge in [-0.05, 0) is 55.8 Å². The first-order valence-electron chi connectivity index (χ1n) is 8.05. The van der Waals surface area contributed by atoms with Gasteiger partial charge in [0.2, 0.25) is 5.91 Å². The summed E-state index contributed by atoms with van der Waals surface area (Å²) in [6.07, 6.45) is 0. The summed E-state index contributed by atoms with van der Waals surface area (Å²) in [7, 11) is 1.63. The van der Waals surface area contributed by atoms with Crippen LogP contribution >= 0.6 is 11.6 Å². The van der Waals surface area contributed by atoms with Gasteiger partial charge in [0.05, 0.1) is 6.61 Å². The summed E-state index contributed by atoms with van der Waals surface area (Å²) in [5, 5.41) is 6.68. The Morgan fingerprint density at radius 2 is 1.88 bits per heavy atom. The zero-order valence-electron chi connectivity index (χ0n) is 14.6. The van der Waals surface area contributed by atoms with Crippen LogP contribution < -0.4 is 15.4 Å². The van der Waals surface area contributed by atoms with Gasteiger partial charge in [-0.15, -0.1) is 0 Å². The van der Waals surface area contributed by atoms with E-state index in [0.29, 0.717) is 23.9 Å². The molecule has 0 aliphatic rings. The van der Waals surface area contributed by atoms with Gasteiger partial charge in [-0.3, -0.25) is 4.79 Å². The molecule has 134 valence electrons. The maximum Gasteiger partial charge on any atom is 0.246 e. The number of carbonyl (C=O) groups excluding carboxylic acids is 1. The van der Waals surface area contributed by atoms with E-state index in [2.05, 4.69) is 10.6 Å². The van der Waals surface area contributed by atoms with Crippen LogP contribution in [0.15, 0.2) is 42.5 Å². The van der Waals surface area contributed by atoms with Crippen molar-refractivity contribution in [1.82, 2.24) is 0 Å². The minimum absolute atomic E-state index is 0.134. The molecule has 6 heteroatoms. The van der Waals surface area contributed by atoms with E-state index >= 15 is 0 Å². The third-order valence-corrected chi connectivity index (χ3v) is 4.12. The van der Waals surface area contributed by atoms with Gasteiger partial charge in [0.25, 0.3) is 0 Å². The van der Waals surface area contributed by atoms with E-state index in [9.17, 15) is 4.79 Å². The van der Waals surface area contributed by atoms with Gasteiger partial charge in [-0.1, -0.05) is 17.7 Å². The molecule has 2 rings (SSSR count). The Hall–Kier alpha value is -2.24. The molecule has 1 unspecified atom stereocenters. The summed E-state index contributed by atoms with van der Waals surface area (Å²) < 4.78 is 10.5. The Kier molecular flexibility index (Phi) is 7.10. The number of anilines is 2. The van der Waals surface area contributed by atoms with Crippen LogP contribution in [-0.4, -0.2) is 32.3 Å². The fourth-order valence-electron chi connectivity index (χ4n) is 2.19. The molecular formula is C19H23ClN2O3. The summed E-state index contributed by atoms with van der Waals surface area (Å²) in [4.78, 5) is 12.4. The molecule has 0 fully saturated rings. The first-order valence-corrected chi connectivity index (χ1v) is 8.43. The van der Waals surface area contributed by atoms with Gasteiger partial charge in [0, 0.05) is 23.5 Å². The van der Waals surface area contributed by atoms with Crippen LogP contribution in [0.2, 0.25) is 5.02 Å². The lowest BCUT2D eigenvalue weighted by Gasteiger charge is -2.17. The molecular weight excluding hydrogens is 340 g/mol. The largest absolute Gasteiger partial charge is 0.491 e. The predicted molar refractivity (Wildman–Crippen MR) is 102 cm³/mol. The number of benzene rings is 2. The minimum atomic E-state index is -0.404. The van der Waals surface area contributed by atoms with E-state index < -0.39 is 6.04 Å². The highest BCUT2D eigenvalue weighted by molar-refractivity contribution is 6.31. The standard InChI is InChI=1S/C19H23ClN2O3/c1-13-17(20)5-4-6-18(13)22-19(23)14(2)21-15-7-9-16(10-8-15)25-12-11-24-3/h4-10,14,21H,11-12H2,1-3H3,(H,22,23). The molecule has 0 aliphatic heterocycles. The molecule has 1 amide bonds. The maximum absolute atomic E-state index is 12.4. The molecule has 1 atom stereocenters. The number of methoxy groups -OCH3 is 1. The summed E-state index contributed by atoms with van der Waals surface area (Å²) in [6.45, 7) is 4.72. The van der Waals surface area contributed by atoms with Gasteiger partial charge in [-0.25, -0.2) is 0 Å². The summed E-state index contributed by atoms with van der Waals surface area (Å²) in [6, 6.07) is 12.5. The lowest BCUT2D eigenvalue weighted by atomic mass is 10.2. The van der Waals surface area contributed by atoms with E-state index in [0.717, 1.165) is 17.0 Å². The fraction of sp³-hybridized carbons (Fsp3) is 0.316. The average molecular weight is 363 g/mol. The molecule has 0 bridgehead atoms. The molecule has 0 aliphatic carbocycles. The molecule has 5 nitrogen and oxygen atoms in total. The van der Waals surface area contributed by atoms with Crippen molar-refractivity contribution in [3.05, 3.63) is 53.1 Å². The number of halogens is 1. The van der Waals surface area contributed by atoms with Crippen molar-refractivity contribution < 1.29 is 14.3 Å². The maximum atomic E-state index is 12.4. The van der Waals surface area contributed by atoms with E-state index in [4.69, 9.17) is 21.1 Å². The summed E-state index contributed by atoms with van der Waals surface area (Å²) >= 11 is 6.08. The van der Waals surface area contributed by atoms with Crippen molar-refractivity contribution in [2.24, 2.45) is 0 Å². The monoisotopic (exact) mass is 362 g/mol. The molecule has 0 saturated carbocycles. The minimum Gasteiger partial charge on any atom is -0.491 e. The van der Waals surface area contributed by atoms with Crippen LogP contribution in [0.4, 0.5) is 11.4 Å². The number of hydrogen-bond acceptors (Lipinski definition) is 4. The number of amides is 1. The zero-order chi connectivity index (χ0) is 18.2. The lowest BCUT2D eigenvalue weighted by molar-refractivity contribution is -0.116. The van der Waals surface area contributed by atoms with E-state index in [1.165, 1.54) is 0 Å². The number of ether oxygens (including phenoxy) is 2. The van der Waals surface area contributed by atoms with E-state index in [1.54, 1.807) is 20.1 Å². The first-order chi connectivity index (χ1) is 12.0. The van der Waals surface area contributed by atoms with Crippen molar-refractivity contribution in [3.8, 4) is 5.75 Å². The molecule has 2 aromatic carbocycles. The van der Waals surface area contributed by atoms with Crippen molar-refractivity contribution in [3.63, 3.8) is 0 Å². The SMILES string of the molecule is COCCOc1ccc(NC(C)C(=O)Nc2cccc(Cl)c2C)cc1. The molecule has 0 heterocycles. The highest BCUT2D eigenvalue weighted by Gasteiger charge is 2.14. The Balaban J connectivity index is 1.91. The van der Waals surface area contributed by atoms with Crippen LogP contribution in [0.5, 0.6) is 5.75 Å². The predicted octanol–water partition coefficient (Wildman–Crippen LogP) is 4.11. The Morgan fingerprint density at radius 1 is 1.16 bits per heavy atom. The molecule has 2 aromatic rings. The molecule has 0 aromatic heterocycles. The van der Waals surface area contributed by atoms with Crippen LogP contribution in [0, 0.1) is 6.92 Å². The van der Waals surface area contributed by atoms with Gasteiger partial charge in [0.1, 0.15) is 18.4 Å². The van der Waals surface area contributed by atoms with Crippen LogP contribution in [0.1, 0.15) is 12.5 Å². The highest BCUT2D eigenvalue weighted by atomic mass is 35.5. The smallest absolute Gasteiger partial charge is 0.246 e. The quantitative estimate of drug-likeness (QED) is 0.694. The van der Waals surface area contributed by atoms with Crippen molar-refractivity contribution >= 4 is 28.9 Å². The molecule has 0 radical (unpaired) electrons. The normalized spacial score (nSPS) is 11.7. The molecule has 2 N–H and O–H groups in total. The number of rotatable bonds is 8. The number of hydrogen-bond donors (Lipinski definition) is 2. The van der Waals surface area contributed by atoms with Crippen molar-refractivity contribution in [1.29, 1.82) is 0 Å². The lowest BCUT2D eigenvalue weighted by Crippen LogP contribution is -2.32. The Morgan fingerprint density at radius 3 is 2.56 bits per heavy atom. The second-order valence-corrected chi connectivity index (χ2v) is 6.04. The molecule has 25 heavy (non-hydrogen) atoms. The molecule has 0 saturated heterocycles. The van der Waals surface area contributed by atoms with Gasteiger partial charge < -0.3 is 20.1 Å². The Labute approximate surface area is 153 Å². The summed E-state index contributed by atoms with van der Waals surface area (Å²) in [5.74, 6) is 0.625. The zero-order valence-corrected chi connectivity index (χ0v) is 15.4. The van der Waals surface area contributed by atoms with E-state index in [-0.39, 0.29) is 5.91 Å². The number of nitrogens with one attached hydrogen (secondary N) is 2. The van der Waals surface area contributed by atoms with Crippen molar-refractivity contribution in [2.45, 2.75) is 19.9 Å². The van der Waals surface area contributed by atoms with Gasteiger partial charge in [0.15, 0.2) is 0 Å². The molecule has 0 spiro atoms. The van der Waals surface area contributed by atoms with Crippen LogP contribution in [0.3, 0.4) is 0 Å². The average Bonchev–Trinajstić information content (AvgIpc) is 2.60. The first kappa shape index (κ1) is 19.1. The second-order valence-electron chi connectivity index (χ2n) is 5.63. The third kappa shape index (κ3) is 5.66. The Bertz CT molecular complexity index is 704. The van der Waals surface area contributed by atoms with Crippen LogP contribution in [-0.2, 0) is 9.53 Å². The second kappa shape index (κ2) is 9.30. The van der Waals surface area contributed by atoms with Crippen LogP contribution in [0.25, 0.3) is 0 Å². The summed E-state index contributed by atoms with van der Waals surface area (Å²) in [5.41, 5.74) is 2.40. The highest BCUT2D eigenvalue weighted by Crippen LogP contribution is 2.23.